The van der Waals surface area contributed by atoms with Gasteiger partial charge in [-0.2, -0.15) is 0 Å². The van der Waals surface area contributed by atoms with E-state index in [0.717, 1.165) is 40.3 Å². The van der Waals surface area contributed by atoms with Gasteiger partial charge in [-0.05, 0) is 62.1 Å². The summed E-state index contributed by atoms with van der Waals surface area (Å²) in [5, 5.41) is 3.24. The lowest BCUT2D eigenvalue weighted by atomic mass is 10.1. The molecular weight excluding hydrogens is 412 g/mol. The Balaban J connectivity index is 2.01. The SMILES string of the molecule is COc1ccc(CCCNC(=O)[C@H](C)N(c2cc(Cl)ccc2C)S(C)(=O)=O)cc1. The second-order valence-corrected chi connectivity index (χ2v) is 9.20. The largest absolute Gasteiger partial charge is 0.497 e. The normalized spacial score (nSPS) is 12.3. The van der Waals surface area contributed by atoms with Crippen LogP contribution in [0.3, 0.4) is 0 Å². The molecule has 6 nitrogen and oxygen atoms in total. The molecule has 8 heteroatoms. The summed E-state index contributed by atoms with van der Waals surface area (Å²) in [6, 6.07) is 11.8. The second kappa shape index (κ2) is 9.98. The Hall–Kier alpha value is -2.25. The van der Waals surface area contributed by atoms with Crippen molar-refractivity contribution in [3.05, 3.63) is 58.6 Å². The Labute approximate surface area is 177 Å². The second-order valence-electron chi connectivity index (χ2n) is 6.91. The predicted molar refractivity (Wildman–Crippen MR) is 117 cm³/mol. The molecule has 2 aromatic rings. The van der Waals surface area contributed by atoms with E-state index in [1.807, 2.05) is 24.3 Å². The number of nitrogens with zero attached hydrogens (tertiary/aromatic N) is 1. The van der Waals surface area contributed by atoms with E-state index in [0.29, 0.717) is 17.3 Å². The topological polar surface area (TPSA) is 75.7 Å². The van der Waals surface area contributed by atoms with Crippen molar-refractivity contribution < 1.29 is 17.9 Å². The molecular formula is C21H27ClN2O4S. The minimum atomic E-state index is -3.68. The number of ether oxygens (including phenoxy) is 1. The molecule has 0 heterocycles. The van der Waals surface area contributed by atoms with Crippen LogP contribution < -0.4 is 14.4 Å². The number of hydrogen-bond donors (Lipinski definition) is 1. The molecule has 0 aliphatic heterocycles. The Morgan fingerprint density at radius 2 is 1.86 bits per heavy atom. The molecule has 0 spiro atoms. The first-order valence-electron chi connectivity index (χ1n) is 9.29. The monoisotopic (exact) mass is 438 g/mol. The summed E-state index contributed by atoms with van der Waals surface area (Å²) in [5.41, 5.74) is 2.26. The summed E-state index contributed by atoms with van der Waals surface area (Å²) in [7, 11) is -2.06. The zero-order chi connectivity index (χ0) is 21.6. The number of aryl methyl sites for hydroxylation is 2. The van der Waals surface area contributed by atoms with Gasteiger partial charge in [-0.3, -0.25) is 9.10 Å². The number of halogens is 1. The molecule has 0 aliphatic carbocycles. The van der Waals surface area contributed by atoms with E-state index in [1.165, 1.54) is 0 Å². The van der Waals surface area contributed by atoms with E-state index in [1.54, 1.807) is 39.2 Å². The first-order valence-corrected chi connectivity index (χ1v) is 11.5. The van der Waals surface area contributed by atoms with Gasteiger partial charge in [-0.1, -0.05) is 29.8 Å². The predicted octanol–water partition coefficient (Wildman–Crippen LogP) is 3.56. The van der Waals surface area contributed by atoms with Crippen LogP contribution in [0.4, 0.5) is 5.69 Å². The minimum absolute atomic E-state index is 0.357. The fourth-order valence-corrected chi connectivity index (χ4v) is 4.44. The molecule has 1 N–H and O–H groups in total. The molecule has 1 amide bonds. The van der Waals surface area contributed by atoms with Gasteiger partial charge in [-0.15, -0.1) is 0 Å². The zero-order valence-electron chi connectivity index (χ0n) is 17.1. The van der Waals surface area contributed by atoms with Crippen LogP contribution in [0, 0.1) is 6.92 Å². The smallest absolute Gasteiger partial charge is 0.243 e. The third-order valence-electron chi connectivity index (χ3n) is 4.60. The summed E-state index contributed by atoms with van der Waals surface area (Å²) in [5.74, 6) is 0.442. The molecule has 1 atom stereocenters. The van der Waals surface area contributed by atoms with Crippen molar-refractivity contribution in [1.82, 2.24) is 5.32 Å². The van der Waals surface area contributed by atoms with Gasteiger partial charge in [0.05, 0.1) is 19.1 Å². The molecule has 0 aliphatic rings. The van der Waals surface area contributed by atoms with Gasteiger partial charge < -0.3 is 10.1 Å². The van der Waals surface area contributed by atoms with Gasteiger partial charge in [0.2, 0.25) is 15.9 Å². The van der Waals surface area contributed by atoms with Crippen LogP contribution in [0.1, 0.15) is 24.5 Å². The lowest BCUT2D eigenvalue weighted by molar-refractivity contribution is -0.121. The molecule has 0 bridgehead atoms. The van der Waals surface area contributed by atoms with Crippen LogP contribution in [-0.4, -0.2) is 40.3 Å². The van der Waals surface area contributed by atoms with Crippen molar-refractivity contribution in [3.63, 3.8) is 0 Å². The van der Waals surface area contributed by atoms with Crippen molar-refractivity contribution in [3.8, 4) is 5.75 Å². The fraction of sp³-hybridized carbons (Fsp3) is 0.381. The van der Waals surface area contributed by atoms with E-state index in [2.05, 4.69) is 5.32 Å². The van der Waals surface area contributed by atoms with Gasteiger partial charge in [-0.25, -0.2) is 8.42 Å². The first-order chi connectivity index (χ1) is 13.6. The third-order valence-corrected chi connectivity index (χ3v) is 6.06. The van der Waals surface area contributed by atoms with Crippen LogP contribution in [0.25, 0.3) is 0 Å². The van der Waals surface area contributed by atoms with E-state index < -0.39 is 16.1 Å². The third kappa shape index (κ3) is 6.37. The Morgan fingerprint density at radius 1 is 1.21 bits per heavy atom. The Morgan fingerprint density at radius 3 is 2.45 bits per heavy atom. The maximum absolute atomic E-state index is 12.6. The quantitative estimate of drug-likeness (QED) is 0.607. The average molecular weight is 439 g/mol. The van der Waals surface area contributed by atoms with E-state index in [9.17, 15) is 13.2 Å². The van der Waals surface area contributed by atoms with E-state index in [-0.39, 0.29) is 5.91 Å². The summed E-state index contributed by atoms with van der Waals surface area (Å²) >= 11 is 6.04. The van der Waals surface area contributed by atoms with Gasteiger partial charge in [0, 0.05) is 11.6 Å². The number of amides is 1. The number of nitrogens with one attached hydrogen (secondary N) is 1. The number of anilines is 1. The van der Waals surface area contributed by atoms with Crippen molar-refractivity contribution in [1.29, 1.82) is 0 Å². The Bertz CT molecular complexity index is 946. The molecule has 0 radical (unpaired) electrons. The molecule has 158 valence electrons. The molecule has 0 saturated heterocycles. The molecule has 29 heavy (non-hydrogen) atoms. The summed E-state index contributed by atoms with van der Waals surface area (Å²) in [4.78, 5) is 12.6. The molecule has 2 aromatic carbocycles. The molecule has 0 aromatic heterocycles. The van der Waals surface area contributed by atoms with Crippen LogP contribution in [-0.2, 0) is 21.2 Å². The van der Waals surface area contributed by atoms with Gasteiger partial charge in [0.1, 0.15) is 11.8 Å². The maximum Gasteiger partial charge on any atom is 0.243 e. The molecule has 0 fully saturated rings. The highest BCUT2D eigenvalue weighted by molar-refractivity contribution is 7.92. The number of carbonyl (C=O) groups is 1. The number of sulfonamides is 1. The lowest BCUT2D eigenvalue weighted by Crippen LogP contribution is -2.48. The Kier molecular flexibility index (Phi) is 7.93. The van der Waals surface area contributed by atoms with Crippen molar-refractivity contribution in [2.45, 2.75) is 32.7 Å². The average Bonchev–Trinajstić information content (AvgIpc) is 2.67. The first kappa shape index (κ1) is 23.0. The van der Waals surface area contributed by atoms with E-state index >= 15 is 0 Å². The lowest BCUT2D eigenvalue weighted by Gasteiger charge is -2.29. The van der Waals surface area contributed by atoms with Crippen molar-refractivity contribution in [2.24, 2.45) is 0 Å². The van der Waals surface area contributed by atoms with Crippen LogP contribution in [0.15, 0.2) is 42.5 Å². The summed E-state index contributed by atoms with van der Waals surface area (Å²) in [6.07, 6.45) is 2.61. The standard InChI is InChI=1S/C21H27ClN2O4S/c1-15-7-10-18(22)14-20(15)24(29(4,26)27)16(2)21(25)23-13-5-6-17-8-11-19(28-3)12-9-17/h7-12,14,16H,5-6,13H2,1-4H3,(H,23,25)/t16-/m0/s1. The highest BCUT2D eigenvalue weighted by atomic mass is 35.5. The van der Waals surface area contributed by atoms with Crippen LogP contribution in [0.5, 0.6) is 5.75 Å². The number of hydrogen-bond acceptors (Lipinski definition) is 4. The number of benzene rings is 2. The number of rotatable bonds is 9. The highest BCUT2D eigenvalue weighted by Gasteiger charge is 2.30. The zero-order valence-corrected chi connectivity index (χ0v) is 18.7. The number of methoxy groups -OCH3 is 1. The van der Waals surface area contributed by atoms with Crippen LogP contribution >= 0.6 is 11.6 Å². The summed E-state index contributed by atoms with van der Waals surface area (Å²) < 4.78 is 31.1. The van der Waals surface area contributed by atoms with Gasteiger partial charge >= 0.3 is 0 Å². The van der Waals surface area contributed by atoms with Crippen molar-refractivity contribution in [2.75, 3.05) is 24.2 Å². The summed E-state index contributed by atoms with van der Waals surface area (Å²) in [6.45, 7) is 3.80. The van der Waals surface area contributed by atoms with E-state index in [4.69, 9.17) is 16.3 Å². The molecule has 0 unspecified atom stereocenters. The fourth-order valence-electron chi connectivity index (χ4n) is 3.04. The molecule has 2 rings (SSSR count). The number of carbonyl (C=O) groups excluding carboxylic acids is 1. The van der Waals surface area contributed by atoms with Crippen LogP contribution in [0.2, 0.25) is 5.02 Å². The van der Waals surface area contributed by atoms with Crippen molar-refractivity contribution >= 4 is 33.2 Å². The minimum Gasteiger partial charge on any atom is -0.497 e. The maximum atomic E-state index is 12.6. The highest BCUT2D eigenvalue weighted by Crippen LogP contribution is 2.28. The van der Waals surface area contributed by atoms with Gasteiger partial charge in [0.25, 0.3) is 0 Å². The molecule has 0 saturated carbocycles. The van der Waals surface area contributed by atoms with Gasteiger partial charge in [0.15, 0.2) is 0 Å².